The van der Waals surface area contributed by atoms with Gasteiger partial charge in [0.25, 0.3) is 0 Å². The molecule has 5 heteroatoms. The van der Waals surface area contributed by atoms with Gasteiger partial charge >= 0.3 is 5.97 Å². The Kier molecular flexibility index (Phi) is 6.54. The van der Waals surface area contributed by atoms with Crippen molar-refractivity contribution in [2.75, 3.05) is 19.8 Å². The molecule has 1 rings (SSSR count). The van der Waals surface area contributed by atoms with Gasteiger partial charge in [-0.05, 0) is 25.6 Å². The summed E-state index contributed by atoms with van der Waals surface area (Å²) in [4.78, 5) is 11.2. The summed E-state index contributed by atoms with van der Waals surface area (Å²) in [5.74, 6) is 0.225. The second-order valence-corrected chi connectivity index (χ2v) is 4.00. The highest BCUT2D eigenvalue weighted by molar-refractivity contribution is 6.31. The minimum absolute atomic E-state index is 0.104. The van der Waals surface area contributed by atoms with Crippen LogP contribution in [0.3, 0.4) is 0 Å². The van der Waals surface area contributed by atoms with Crippen LogP contribution >= 0.6 is 11.6 Å². The van der Waals surface area contributed by atoms with Crippen molar-refractivity contribution in [3.05, 3.63) is 28.8 Å². The van der Waals surface area contributed by atoms with Crippen LogP contribution in [0.4, 0.5) is 0 Å². The van der Waals surface area contributed by atoms with E-state index >= 15 is 0 Å². The number of rotatable bonds is 7. The Hall–Kier alpha value is -1.26. The van der Waals surface area contributed by atoms with Crippen LogP contribution in [0.5, 0.6) is 5.75 Å². The van der Waals surface area contributed by atoms with Gasteiger partial charge in [0.15, 0.2) is 6.61 Å². The lowest BCUT2D eigenvalue weighted by Crippen LogP contribution is -2.17. The zero-order chi connectivity index (χ0) is 13.4. The minimum atomic E-state index is -0.383. The molecule has 0 amide bonds. The first kappa shape index (κ1) is 14.8. The van der Waals surface area contributed by atoms with Gasteiger partial charge in [0.1, 0.15) is 5.75 Å². The van der Waals surface area contributed by atoms with E-state index in [4.69, 9.17) is 21.1 Å². The first-order valence-corrected chi connectivity index (χ1v) is 6.33. The monoisotopic (exact) mass is 271 g/mol. The van der Waals surface area contributed by atoms with Crippen molar-refractivity contribution in [2.24, 2.45) is 0 Å². The lowest BCUT2D eigenvalue weighted by molar-refractivity contribution is -0.145. The van der Waals surface area contributed by atoms with Gasteiger partial charge in [0.05, 0.1) is 6.61 Å². The van der Waals surface area contributed by atoms with E-state index in [2.05, 4.69) is 5.32 Å². The number of esters is 1. The Bertz CT molecular complexity index is 396. The van der Waals surface area contributed by atoms with Crippen molar-refractivity contribution in [3.8, 4) is 5.75 Å². The molecule has 0 atom stereocenters. The van der Waals surface area contributed by atoms with Crippen molar-refractivity contribution < 1.29 is 14.3 Å². The van der Waals surface area contributed by atoms with Crippen LogP contribution in [0.15, 0.2) is 18.2 Å². The van der Waals surface area contributed by atoms with Crippen molar-refractivity contribution >= 4 is 17.6 Å². The molecule has 0 spiro atoms. The van der Waals surface area contributed by atoms with Crippen LogP contribution in [0.25, 0.3) is 0 Å². The summed E-state index contributed by atoms with van der Waals surface area (Å²) in [5.41, 5.74) is 0.852. The second kappa shape index (κ2) is 7.95. The summed E-state index contributed by atoms with van der Waals surface area (Å²) < 4.78 is 10.2. The van der Waals surface area contributed by atoms with Crippen molar-refractivity contribution in [1.82, 2.24) is 5.32 Å². The fourth-order valence-electron chi connectivity index (χ4n) is 1.43. The Labute approximate surface area is 112 Å². The van der Waals surface area contributed by atoms with E-state index in [1.165, 1.54) is 0 Å². The smallest absolute Gasteiger partial charge is 0.344 e. The first-order chi connectivity index (χ1) is 8.69. The molecule has 0 saturated heterocycles. The number of hydrogen-bond donors (Lipinski definition) is 1. The van der Waals surface area contributed by atoms with Crippen molar-refractivity contribution in [3.63, 3.8) is 0 Å². The maximum Gasteiger partial charge on any atom is 0.344 e. The Morgan fingerprint density at radius 3 is 2.83 bits per heavy atom. The van der Waals surface area contributed by atoms with Gasteiger partial charge in [-0.2, -0.15) is 0 Å². The van der Waals surface area contributed by atoms with Crippen LogP contribution in [-0.2, 0) is 16.1 Å². The average Bonchev–Trinajstić information content (AvgIpc) is 2.35. The number of halogens is 1. The van der Waals surface area contributed by atoms with E-state index in [1.54, 1.807) is 25.1 Å². The summed E-state index contributed by atoms with van der Waals surface area (Å²) in [6.45, 7) is 5.45. The van der Waals surface area contributed by atoms with E-state index < -0.39 is 0 Å². The number of nitrogens with one attached hydrogen (secondary N) is 1. The zero-order valence-electron chi connectivity index (χ0n) is 10.7. The number of ether oxygens (including phenoxy) is 2. The van der Waals surface area contributed by atoms with Crippen LogP contribution in [0.2, 0.25) is 5.02 Å². The molecule has 0 unspecified atom stereocenters. The van der Waals surface area contributed by atoms with Gasteiger partial charge in [-0.1, -0.05) is 24.6 Å². The van der Waals surface area contributed by atoms with Crippen LogP contribution in [0, 0.1) is 0 Å². The zero-order valence-corrected chi connectivity index (χ0v) is 11.4. The lowest BCUT2D eigenvalue weighted by atomic mass is 10.2. The number of carbonyl (C=O) groups is 1. The van der Waals surface area contributed by atoms with E-state index in [0.717, 1.165) is 12.1 Å². The topological polar surface area (TPSA) is 47.6 Å². The molecular weight excluding hydrogens is 254 g/mol. The van der Waals surface area contributed by atoms with Crippen molar-refractivity contribution in [1.29, 1.82) is 0 Å². The molecule has 0 fully saturated rings. The highest BCUT2D eigenvalue weighted by Crippen LogP contribution is 2.26. The molecule has 0 aliphatic heterocycles. The quantitative estimate of drug-likeness (QED) is 0.774. The third-order valence-electron chi connectivity index (χ3n) is 2.28. The maximum atomic E-state index is 11.2. The Balaban J connectivity index is 2.68. The first-order valence-electron chi connectivity index (χ1n) is 5.95. The van der Waals surface area contributed by atoms with Crippen LogP contribution in [0.1, 0.15) is 19.4 Å². The lowest BCUT2D eigenvalue weighted by Gasteiger charge is -2.12. The minimum Gasteiger partial charge on any atom is -0.482 e. The second-order valence-electron chi connectivity index (χ2n) is 3.59. The van der Waals surface area contributed by atoms with E-state index in [1.807, 2.05) is 6.92 Å². The molecule has 1 N–H and O–H groups in total. The SMILES string of the molecule is CCNCc1c(Cl)cccc1OCC(=O)OCC. The molecule has 18 heavy (non-hydrogen) atoms. The van der Waals surface area contributed by atoms with Crippen LogP contribution < -0.4 is 10.1 Å². The molecule has 0 saturated carbocycles. The molecule has 0 bridgehead atoms. The molecule has 0 radical (unpaired) electrons. The van der Waals surface area contributed by atoms with Gasteiger partial charge in [-0.15, -0.1) is 0 Å². The van der Waals surface area contributed by atoms with E-state index in [-0.39, 0.29) is 12.6 Å². The summed E-state index contributed by atoms with van der Waals surface area (Å²) in [6, 6.07) is 5.38. The van der Waals surface area contributed by atoms with E-state index in [0.29, 0.717) is 23.9 Å². The number of carbonyl (C=O) groups excluding carboxylic acids is 1. The molecule has 0 heterocycles. The van der Waals surface area contributed by atoms with Gasteiger partial charge in [-0.25, -0.2) is 4.79 Å². The van der Waals surface area contributed by atoms with Gasteiger partial charge < -0.3 is 14.8 Å². The van der Waals surface area contributed by atoms with Crippen molar-refractivity contribution in [2.45, 2.75) is 20.4 Å². The normalized spacial score (nSPS) is 10.2. The van der Waals surface area contributed by atoms with Crippen LogP contribution in [-0.4, -0.2) is 25.7 Å². The van der Waals surface area contributed by atoms with E-state index in [9.17, 15) is 4.79 Å². The highest BCUT2D eigenvalue weighted by atomic mass is 35.5. The Morgan fingerprint density at radius 1 is 1.39 bits per heavy atom. The number of hydrogen-bond acceptors (Lipinski definition) is 4. The molecule has 0 aliphatic rings. The third kappa shape index (κ3) is 4.55. The fraction of sp³-hybridized carbons (Fsp3) is 0.462. The summed E-state index contributed by atoms with van der Waals surface area (Å²) in [6.07, 6.45) is 0. The molecular formula is C13H18ClNO3. The summed E-state index contributed by atoms with van der Waals surface area (Å²) >= 11 is 6.11. The molecule has 4 nitrogen and oxygen atoms in total. The molecule has 0 aromatic heterocycles. The third-order valence-corrected chi connectivity index (χ3v) is 2.63. The molecule has 1 aromatic rings. The molecule has 100 valence electrons. The number of benzene rings is 1. The maximum absolute atomic E-state index is 11.2. The van der Waals surface area contributed by atoms with Gasteiger partial charge in [0.2, 0.25) is 0 Å². The molecule has 1 aromatic carbocycles. The predicted octanol–water partition coefficient (Wildman–Crippen LogP) is 2.39. The van der Waals surface area contributed by atoms with Gasteiger partial charge in [0, 0.05) is 17.1 Å². The standard InChI is InChI=1S/C13H18ClNO3/c1-3-15-8-10-11(14)6-5-7-12(10)18-9-13(16)17-4-2/h5-7,15H,3-4,8-9H2,1-2H3. The largest absolute Gasteiger partial charge is 0.482 e. The predicted molar refractivity (Wildman–Crippen MR) is 71.0 cm³/mol. The highest BCUT2D eigenvalue weighted by Gasteiger charge is 2.10. The summed E-state index contributed by atoms with van der Waals surface area (Å²) in [5, 5.41) is 3.80. The molecule has 0 aliphatic carbocycles. The Morgan fingerprint density at radius 2 is 2.17 bits per heavy atom. The van der Waals surface area contributed by atoms with Gasteiger partial charge in [-0.3, -0.25) is 0 Å². The summed E-state index contributed by atoms with van der Waals surface area (Å²) in [7, 11) is 0. The fourth-order valence-corrected chi connectivity index (χ4v) is 1.67. The average molecular weight is 272 g/mol.